The van der Waals surface area contributed by atoms with Gasteiger partial charge in [0.05, 0.1) is 0 Å². The molecule has 1 saturated heterocycles. The number of hydrogen-bond acceptors (Lipinski definition) is 2. The molecule has 2 nitrogen and oxygen atoms in total. The zero-order valence-corrected chi connectivity index (χ0v) is 11.9. The minimum absolute atomic E-state index is 0.610. The highest BCUT2D eigenvalue weighted by atomic mass is 15.1. The van der Waals surface area contributed by atoms with Crippen LogP contribution in [0.5, 0.6) is 0 Å². The van der Waals surface area contributed by atoms with E-state index in [-0.39, 0.29) is 0 Å². The van der Waals surface area contributed by atoms with Crippen molar-refractivity contribution in [2.75, 3.05) is 13.1 Å². The molecule has 1 aromatic carbocycles. The van der Waals surface area contributed by atoms with Crippen molar-refractivity contribution in [3.63, 3.8) is 0 Å². The summed E-state index contributed by atoms with van der Waals surface area (Å²) in [6, 6.07) is 10.3. The number of benzene rings is 1. The van der Waals surface area contributed by atoms with Gasteiger partial charge >= 0.3 is 0 Å². The van der Waals surface area contributed by atoms with Gasteiger partial charge in [-0.25, -0.2) is 0 Å². The van der Waals surface area contributed by atoms with Gasteiger partial charge in [0, 0.05) is 18.6 Å². The van der Waals surface area contributed by atoms with E-state index in [1.807, 2.05) is 0 Å². The average molecular weight is 246 g/mol. The lowest BCUT2D eigenvalue weighted by Gasteiger charge is -2.33. The molecule has 1 aromatic rings. The minimum atomic E-state index is 0.610. The standard InChI is InChI=1S/C16H26N2/c1-13(2)17-16-8-10-18(11-9-16)12-15-6-4-14(3)5-7-15/h4-7,13,16-17H,8-12H2,1-3H3. The Hall–Kier alpha value is -0.860. The molecule has 0 unspecified atom stereocenters. The second-order valence-electron chi connectivity index (χ2n) is 5.86. The van der Waals surface area contributed by atoms with Crippen LogP contribution in [-0.2, 0) is 6.54 Å². The lowest BCUT2D eigenvalue weighted by Crippen LogP contribution is -2.44. The smallest absolute Gasteiger partial charge is 0.0233 e. The van der Waals surface area contributed by atoms with Crippen molar-refractivity contribution in [2.45, 2.75) is 52.2 Å². The number of rotatable bonds is 4. The fourth-order valence-electron chi connectivity index (χ4n) is 2.68. The summed E-state index contributed by atoms with van der Waals surface area (Å²) in [6.45, 7) is 10.2. The molecule has 2 heteroatoms. The van der Waals surface area contributed by atoms with Crippen LogP contribution in [0.1, 0.15) is 37.8 Å². The van der Waals surface area contributed by atoms with Crippen LogP contribution in [0.2, 0.25) is 0 Å². The molecule has 0 radical (unpaired) electrons. The summed E-state index contributed by atoms with van der Waals surface area (Å²) in [4.78, 5) is 2.57. The Morgan fingerprint density at radius 3 is 2.33 bits per heavy atom. The maximum Gasteiger partial charge on any atom is 0.0233 e. The molecule has 1 aliphatic rings. The van der Waals surface area contributed by atoms with E-state index in [0.717, 1.165) is 12.6 Å². The van der Waals surface area contributed by atoms with Gasteiger partial charge in [-0.3, -0.25) is 4.90 Å². The highest BCUT2D eigenvalue weighted by Crippen LogP contribution is 2.14. The van der Waals surface area contributed by atoms with Crippen LogP contribution in [0.3, 0.4) is 0 Å². The largest absolute Gasteiger partial charge is 0.312 e. The third-order valence-corrected chi connectivity index (χ3v) is 3.68. The first kappa shape index (κ1) is 13.6. The van der Waals surface area contributed by atoms with Gasteiger partial charge in [0.25, 0.3) is 0 Å². The zero-order chi connectivity index (χ0) is 13.0. The van der Waals surface area contributed by atoms with Crippen molar-refractivity contribution in [2.24, 2.45) is 0 Å². The van der Waals surface area contributed by atoms with Crippen molar-refractivity contribution in [3.8, 4) is 0 Å². The van der Waals surface area contributed by atoms with Crippen LogP contribution in [-0.4, -0.2) is 30.1 Å². The van der Waals surface area contributed by atoms with Crippen molar-refractivity contribution in [3.05, 3.63) is 35.4 Å². The summed E-state index contributed by atoms with van der Waals surface area (Å²) in [5, 5.41) is 3.65. The fraction of sp³-hybridized carbons (Fsp3) is 0.625. The molecule has 1 heterocycles. The molecule has 2 rings (SSSR count). The first-order valence-electron chi connectivity index (χ1n) is 7.17. The summed E-state index contributed by atoms with van der Waals surface area (Å²) in [6.07, 6.45) is 2.56. The molecule has 1 N–H and O–H groups in total. The van der Waals surface area contributed by atoms with E-state index in [1.54, 1.807) is 0 Å². The molecule has 1 fully saturated rings. The van der Waals surface area contributed by atoms with Crippen LogP contribution < -0.4 is 5.32 Å². The Morgan fingerprint density at radius 1 is 1.17 bits per heavy atom. The molecule has 0 atom stereocenters. The van der Waals surface area contributed by atoms with Gasteiger partial charge in [-0.05, 0) is 38.4 Å². The monoisotopic (exact) mass is 246 g/mol. The normalized spacial score (nSPS) is 18.4. The van der Waals surface area contributed by atoms with Crippen LogP contribution in [0, 0.1) is 6.92 Å². The summed E-state index contributed by atoms with van der Waals surface area (Å²) >= 11 is 0. The van der Waals surface area contributed by atoms with E-state index in [4.69, 9.17) is 0 Å². The molecule has 100 valence electrons. The number of aryl methyl sites for hydroxylation is 1. The van der Waals surface area contributed by atoms with Gasteiger partial charge in [0.2, 0.25) is 0 Å². The van der Waals surface area contributed by atoms with Gasteiger partial charge in [0.15, 0.2) is 0 Å². The van der Waals surface area contributed by atoms with E-state index in [2.05, 4.69) is 55.3 Å². The molecular formula is C16H26N2. The number of likely N-dealkylation sites (tertiary alicyclic amines) is 1. The Labute approximate surface area is 111 Å². The Kier molecular flexibility index (Phi) is 4.79. The van der Waals surface area contributed by atoms with Crippen molar-refractivity contribution in [1.82, 2.24) is 10.2 Å². The van der Waals surface area contributed by atoms with Gasteiger partial charge < -0.3 is 5.32 Å². The minimum Gasteiger partial charge on any atom is -0.312 e. The Balaban J connectivity index is 1.78. The van der Waals surface area contributed by atoms with E-state index < -0.39 is 0 Å². The third kappa shape index (κ3) is 4.11. The van der Waals surface area contributed by atoms with Gasteiger partial charge in [-0.15, -0.1) is 0 Å². The predicted octanol–water partition coefficient (Wildman–Crippen LogP) is 2.96. The number of piperidine rings is 1. The molecule has 0 saturated carbocycles. The molecule has 0 spiro atoms. The van der Waals surface area contributed by atoms with Crippen LogP contribution in [0.4, 0.5) is 0 Å². The van der Waals surface area contributed by atoms with E-state index >= 15 is 0 Å². The third-order valence-electron chi connectivity index (χ3n) is 3.68. The highest BCUT2D eigenvalue weighted by molar-refractivity contribution is 5.21. The van der Waals surface area contributed by atoms with Crippen LogP contribution >= 0.6 is 0 Å². The average Bonchev–Trinajstić information content (AvgIpc) is 2.34. The first-order valence-corrected chi connectivity index (χ1v) is 7.17. The zero-order valence-electron chi connectivity index (χ0n) is 11.9. The molecule has 0 amide bonds. The van der Waals surface area contributed by atoms with E-state index in [9.17, 15) is 0 Å². The lowest BCUT2D eigenvalue weighted by atomic mass is 10.0. The Bertz CT molecular complexity index is 348. The topological polar surface area (TPSA) is 15.3 Å². The van der Waals surface area contributed by atoms with Gasteiger partial charge in [-0.1, -0.05) is 43.7 Å². The molecule has 0 aliphatic carbocycles. The van der Waals surface area contributed by atoms with Crippen molar-refractivity contribution < 1.29 is 0 Å². The number of hydrogen-bond donors (Lipinski definition) is 1. The summed E-state index contributed by atoms with van der Waals surface area (Å²) in [5.41, 5.74) is 2.79. The second kappa shape index (κ2) is 6.35. The molecular weight excluding hydrogens is 220 g/mol. The summed E-state index contributed by atoms with van der Waals surface area (Å²) in [5.74, 6) is 0. The van der Waals surface area contributed by atoms with Crippen LogP contribution in [0.25, 0.3) is 0 Å². The van der Waals surface area contributed by atoms with Crippen molar-refractivity contribution >= 4 is 0 Å². The van der Waals surface area contributed by atoms with Crippen LogP contribution in [0.15, 0.2) is 24.3 Å². The summed E-state index contributed by atoms with van der Waals surface area (Å²) in [7, 11) is 0. The maximum atomic E-state index is 3.65. The Morgan fingerprint density at radius 2 is 1.78 bits per heavy atom. The highest BCUT2D eigenvalue weighted by Gasteiger charge is 2.19. The van der Waals surface area contributed by atoms with Gasteiger partial charge in [0.1, 0.15) is 0 Å². The van der Waals surface area contributed by atoms with Crippen molar-refractivity contribution in [1.29, 1.82) is 0 Å². The molecule has 1 aliphatic heterocycles. The first-order chi connectivity index (χ1) is 8.63. The van der Waals surface area contributed by atoms with E-state index in [0.29, 0.717) is 6.04 Å². The number of nitrogens with one attached hydrogen (secondary N) is 1. The molecule has 18 heavy (non-hydrogen) atoms. The SMILES string of the molecule is Cc1ccc(CN2CCC(NC(C)C)CC2)cc1. The fourth-order valence-corrected chi connectivity index (χ4v) is 2.68. The number of nitrogens with zero attached hydrogens (tertiary/aromatic N) is 1. The maximum absolute atomic E-state index is 3.65. The lowest BCUT2D eigenvalue weighted by molar-refractivity contribution is 0.186. The summed E-state index contributed by atoms with van der Waals surface area (Å²) < 4.78 is 0. The van der Waals surface area contributed by atoms with Gasteiger partial charge in [-0.2, -0.15) is 0 Å². The predicted molar refractivity (Wildman–Crippen MR) is 77.7 cm³/mol. The second-order valence-corrected chi connectivity index (χ2v) is 5.86. The van der Waals surface area contributed by atoms with E-state index in [1.165, 1.54) is 37.1 Å². The molecule has 0 bridgehead atoms. The molecule has 0 aromatic heterocycles. The quantitative estimate of drug-likeness (QED) is 0.878.